The average Bonchev–Trinajstić information content (AvgIpc) is 2.28. The van der Waals surface area contributed by atoms with Crippen molar-refractivity contribution >= 4 is 15.9 Å². The summed E-state index contributed by atoms with van der Waals surface area (Å²) >= 11 is 3.45. The number of hydrogen-bond acceptors (Lipinski definition) is 3. The zero-order chi connectivity index (χ0) is 12.0. The lowest BCUT2D eigenvalue weighted by molar-refractivity contribution is 0.0713. The molecule has 0 aliphatic carbocycles. The molecule has 0 fully saturated rings. The molecular formula is C12H18BrNO2. The zero-order valence-electron chi connectivity index (χ0n) is 9.92. The van der Waals surface area contributed by atoms with Crippen LogP contribution in [0.5, 0.6) is 5.75 Å². The lowest BCUT2D eigenvalue weighted by atomic mass is 10.2. The van der Waals surface area contributed by atoms with E-state index in [4.69, 9.17) is 9.47 Å². The standard InChI is InChI=1S/C12H18BrNO2/c1-9(15-3)8-16-12-5-4-11(13)6-10(12)7-14-2/h4-6,9,14H,7-8H2,1-3H3. The number of hydrogen-bond donors (Lipinski definition) is 1. The van der Waals surface area contributed by atoms with Gasteiger partial charge < -0.3 is 14.8 Å². The lowest BCUT2D eigenvalue weighted by Gasteiger charge is -2.14. The molecule has 3 nitrogen and oxygen atoms in total. The van der Waals surface area contributed by atoms with Crippen molar-refractivity contribution in [2.75, 3.05) is 20.8 Å². The van der Waals surface area contributed by atoms with E-state index in [1.165, 1.54) is 0 Å². The third kappa shape index (κ3) is 4.12. The quantitative estimate of drug-likeness (QED) is 0.872. The summed E-state index contributed by atoms with van der Waals surface area (Å²) in [5, 5.41) is 3.12. The minimum absolute atomic E-state index is 0.103. The predicted molar refractivity (Wildman–Crippen MR) is 68.9 cm³/mol. The maximum Gasteiger partial charge on any atom is 0.124 e. The van der Waals surface area contributed by atoms with Gasteiger partial charge in [-0.3, -0.25) is 0 Å². The van der Waals surface area contributed by atoms with Crippen molar-refractivity contribution in [3.05, 3.63) is 28.2 Å². The highest BCUT2D eigenvalue weighted by molar-refractivity contribution is 9.10. The Labute approximate surface area is 105 Å². The second kappa shape index (κ2) is 6.89. The van der Waals surface area contributed by atoms with Gasteiger partial charge in [-0.2, -0.15) is 0 Å². The molecule has 0 spiro atoms. The minimum atomic E-state index is 0.103. The topological polar surface area (TPSA) is 30.5 Å². The summed E-state index contributed by atoms with van der Waals surface area (Å²) in [7, 11) is 3.60. The van der Waals surface area contributed by atoms with E-state index >= 15 is 0 Å². The molecule has 1 unspecified atom stereocenters. The van der Waals surface area contributed by atoms with E-state index in [-0.39, 0.29) is 6.10 Å². The summed E-state index contributed by atoms with van der Waals surface area (Å²) in [4.78, 5) is 0. The third-order valence-corrected chi connectivity index (χ3v) is 2.76. The van der Waals surface area contributed by atoms with Crippen LogP contribution < -0.4 is 10.1 Å². The van der Waals surface area contributed by atoms with Crippen LogP contribution in [-0.4, -0.2) is 26.9 Å². The zero-order valence-corrected chi connectivity index (χ0v) is 11.5. The summed E-state index contributed by atoms with van der Waals surface area (Å²) in [6.07, 6.45) is 0.103. The first-order valence-electron chi connectivity index (χ1n) is 5.26. The van der Waals surface area contributed by atoms with Crippen molar-refractivity contribution < 1.29 is 9.47 Å². The van der Waals surface area contributed by atoms with Gasteiger partial charge in [0.15, 0.2) is 0 Å². The van der Waals surface area contributed by atoms with Crippen LogP contribution in [0.2, 0.25) is 0 Å². The maximum absolute atomic E-state index is 5.71. The van der Waals surface area contributed by atoms with E-state index in [0.717, 1.165) is 22.3 Å². The first kappa shape index (κ1) is 13.5. The molecule has 1 aromatic carbocycles. The van der Waals surface area contributed by atoms with Crippen molar-refractivity contribution in [2.24, 2.45) is 0 Å². The van der Waals surface area contributed by atoms with Crippen LogP contribution in [0, 0.1) is 0 Å². The molecule has 0 radical (unpaired) electrons. The van der Waals surface area contributed by atoms with Gasteiger partial charge in [0.1, 0.15) is 12.4 Å². The third-order valence-electron chi connectivity index (χ3n) is 2.27. The Morgan fingerprint density at radius 1 is 1.44 bits per heavy atom. The molecule has 1 N–H and O–H groups in total. The molecule has 0 amide bonds. The molecule has 0 heterocycles. The van der Waals surface area contributed by atoms with Gasteiger partial charge in [0.25, 0.3) is 0 Å². The first-order chi connectivity index (χ1) is 7.67. The molecule has 0 bridgehead atoms. The van der Waals surface area contributed by atoms with Crippen LogP contribution in [0.1, 0.15) is 12.5 Å². The van der Waals surface area contributed by atoms with E-state index in [2.05, 4.69) is 27.3 Å². The summed E-state index contributed by atoms with van der Waals surface area (Å²) in [6, 6.07) is 6.01. The van der Waals surface area contributed by atoms with Crippen molar-refractivity contribution in [2.45, 2.75) is 19.6 Å². The molecule has 0 aromatic heterocycles. The van der Waals surface area contributed by atoms with Crippen molar-refractivity contribution in [1.82, 2.24) is 5.32 Å². The fraction of sp³-hybridized carbons (Fsp3) is 0.500. The van der Waals surface area contributed by atoms with Crippen LogP contribution in [-0.2, 0) is 11.3 Å². The molecule has 0 saturated heterocycles. The van der Waals surface area contributed by atoms with E-state index in [1.54, 1.807) is 7.11 Å². The summed E-state index contributed by atoms with van der Waals surface area (Å²) in [6.45, 7) is 3.33. The molecule has 4 heteroatoms. The molecule has 1 rings (SSSR count). The Morgan fingerprint density at radius 3 is 2.81 bits per heavy atom. The van der Waals surface area contributed by atoms with Gasteiger partial charge in [-0.05, 0) is 32.2 Å². The fourth-order valence-electron chi connectivity index (χ4n) is 1.29. The van der Waals surface area contributed by atoms with Gasteiger partial charge in [0.2, 0.25) is 0 Å². The largest absolute Gasteiger partial charge is 0.491 e. The molecule has 0 aliphatic rings. The van der Waals surface area contributed by atoms with Crippen molar-refractivity contribution in [1.29, 1.82) is 0 Å². The smallest absolute Gasteiger partial charge is 0.124 e. The highest BCUT2D eigenvalue weighted by Crippen LogP contribution is 2.23. The van der Waals surface area contributed by atoms with E-state index < -0.39 is 0 Å². The molecule has 90 valence electrons. The molecule has 1 atom stereocenters. The van der Waals surface area contributed by atoms with Gasteiger partial charge in [-0.25, -0.2) is 0 Å². The van der Waals surface area contributed by atoms with Crippen LogP contribution >= 0.6 is 15.9 Å². The molecule has 16 heavy (non-hydrogen) atoms. The summed E-state index contributed by atoms with van der Waals surface area (Å²) < 4.78 is 11.9. The van der Waals surface area contributed by atoms with E-state index in [1.807, 2.05) is 26.1 Å². The number of halogens is 1. The van der Waals surface area contributed by atoms with Gasteiger partial charge >= 0.3 is 0 Å². The number of benzene rings is 1. The Balaban J connectivity index is 2.70. The van der Waals surface area contributed by atoms with Crippen molar-refractivity contribution in [3.63, 3.8) is 0 Å². The highest BCUT2D eigenvalue weighted by atomic mass is 79.9. The second-order valence-corrected chi connectivity index (χ2v) is 4.56. The van der Waals surface area contributed by atoms with Crippen LogP contribution in [0.25, 0.3) is 0 Å². The Kier molecular flexibility index (Phi) is 5.80. The summed E-state index contributed by atoms with van der Waals surface area (Å²) in [5.74, 6) is 0.904. The van der Waals surface area contributed by atoms with Crippen LogP contribution in [0.15, 0.2) is 22.7 Å². The maximum atomic E-state index is 5.71. The number of nitrogens with one attached hydrogen (secondary N) is 1. The molecule has 1 aromatic rings. The molecule has 0 aliphatic heterocycles. The van der Waals surface area contributed by atoms with Gasteiger partial charge in [0, 0.05) is 23.7 Å². The van der Waals surface area contributed by atoms with E-state index in [9.17, 15) is 0 Å². The fourth-order valence-corrected chi connectivity index (χ4v) is 1.70. The summed E-state index contributed by atoms with van der Waals surface area (Å²) in [5.41, 5.74) is 1.14. The molecule has 0 saturated carbocycles. The van der Waals surface area contributed by atoms with E-state index in [0.29, 0.717) is 6.61 Å². The Hall–Kier alpha value is -0.580. The Morgan fingerprint density at radius 2 is 2.19 bits per heavy atom. The first-order valence-corrected chi connectivity index (χ1v) is 6.05. The number of ether oxygens (including phenoxy) is 2. The SMILES string of the molecule is CNCc1cc(Br)ccc1OCC(C)OC. The van der Waals surface area contributed by atoms with Gasteiger partial charge in [-0.15, -0.1) is 0 Å². The molecular weight excluding hydrogens is 270 g/mol. The van der Waals surface area contributed by atoms with Gasteiger partial charge in [0.05, 0.1) is 6.10 Å². The highest BCUT2D eigenvalue weighted by Gasteiger charge is 2.06. The average molecular weight is 288 g/mol. The van der Waals surface area contributed by atoms with Gasteiger partial charge in [-0.1, -0.05) is 15.9 Å². The lowest BCUT2D eigenvalue weighted by Crippen LogP contribution is -2.17. The van der Waals surface area contributed by atoms with Crippen LogP contribution in [0.3, 0.4) is 0 Å². The monoisotopic (exact) mass is 287 g/mol. The predicted octanol–water partition coefficient (Wildman–Crippen LogP) is 2.58. The van der Waals surface area contributed by atoms with Crippen molar-refractivity contribution in [3.8, 4) is 5.75 Å². The van der Waals surface area contributed by atoms with Crippen LogP contribution in [0.4, 0.5) is 0 Å². The number of rotatable bonds is 6. The minimum Gasteiger partial charge on any atom is -0.491 e. The number of methoxy groups -OCH3 is 1. The second-order valence-electron chi connectivity index (χ2n) is 3.64. The Bertz CT molecular complexity index is 331. The normalized spacial score (nSPS) is 12.5.